The number of imide groups is 1. The van der Waals surface area contributed by atoms with Crippen LogP contribution in [-0.2, 0) is 4.79 Å². The van der Waals surface area contributed by atoms with Gasteiger partial charge in [0.15, 0.2) is 6.61 Å². The van der Waals surface area contributed by atoms with Gasteiger partial charge in [0.2, 0.25) is 0 Å². The second-order valence-electron chi connectivity index (χ2n) is 6.64. The molecule has 0 aromatic heterocycles. The van der Waals surface area contributed by atoms with Gasteiger partial charge < -0.3 is 9.47 Å². The quantitative estimate of drug-likeness (QED) is 0.498. The van der Waals surface area contributed by atoms with Crippen LogP contribution in [0.5, 0.6) is 11.5 Å². The Morgan fingerprint density at radius 3 is 2.55 bits per heavy atom. The molecule has 1 heterocycles. The standard InChI is InChI=1S/C24H18N2O4S/c25-12-14-29-20-10-4-2-7-18(20)16-22-23(27)26(24(28)31-22)13-15-30-21-11-5-8-17-6-1-3-9-19(17)21/h1-11,16H,13-15H2/b22-16-. The van der Waals surface area contributed by atoms with Crippen LogP contribution in [0.25, 0.3) is 16.8 Å². The number of carbonyl (C=O) groups is 2. The summed E-state index contributed by atoms with van der Waals surface area (Å²) in [5.41, 5.74) is 0.634. The molecule has 0 radical (unpaired) electrons. The van der Waals surface area contributed by atoms with Gasteiger partial charge in [-0.05, 0) is 35.4 Å². The average molecular weight is 430 g/mol. The highest BCUT2D eigenvalue weighted by Gasteiger charge is 2.35. The molecule has 1 fully saturated rings. The fraction of sp³-hybridized carbons (Fsp3) is 0.125. The van der Waals surface area contributed by atoms with E-state index in [1.165, 1.54) is 4.90 Å². The largest absolute Gasteiger partial charge is 0.491 e. The number of nitriles is 1. The van der Waals surface area contributed by atoms with Gasteiger partial charge in [0.05, 0.1) is 11.4 Å². The van der Waals surface area contributed by atoms with Crippen LogP contribution in [0.1, 0.15) is 5.56 Å². The molecule has 31 heavy (non-hydrogen) atoms. The van der Waals surface area contributed by atoms with E-state index in [4.69, 9.17) is 14.7 Å². The highest BCUT2D eigenvalue weighted by molar-refractivity contribution is 8.18. The van der Waals surface area contributed by atoms with Gasteiger partial charge in [0.1, 0.15) is 24.2 Å². The molecule has 7 heteroatoms. The van der Waals surface area contributed by atoms with Crippen molar-refractivity contribution in [2.24, 2.45) is 0 Å². The third-order valence-electron chi connectivity index (χ3n) is 4.69. The van der Waals surface area contributed by atoms with Crippen molar-refractivity contribution in [3.8, 4) is 17.6 Å². The fourth-order valence-electron chi connectivity index (χ4n) is 3.24. The number of hydrogen-bond acceptors (Lipinski definition) is 6. The SMILES string of the molecule is N#CCOc1ccccc1/C=C1\SC(=O)N(CCOc2cccc3ccccc23)C1=O. The molecule has 2 amide bonds. The molecule has 0 atom stereocenters. The number of rotatable bonds is 7. The number of thioether (sulfide) groups is 1. The molecule has 4 rings (SSSR count). The summed E-state index contributed by atoms with van der Waals surface area (Å²) in [4.78, 5) is 26.7. The zero-order valence-corrected chi connectivity index (χ0v) is 17.3. The van der Waals surface area contributed by atoms with Crippen molar-refractivity contribution < 1.29 is 19.1 Å². The van der Waals surface area contributed by atoms with Crippen LogP contribution in [0.4, 0.5) is 4.79 Å². The van der Waals surface area contributed by atoms with Crippen molar-refractivity contribution in [1.82, 2.24) is 4.90 Å². The van der Waals surface area contributed by atoms with E-state index >= 15 is 0 Å². The van der Waals surface area contributed by atoms with Gasteiger partial charge in [0, 0.05) is 10.9 Å². The minimum Gasteiger partial charge on any atom is -0.491 e. The Bertz CT molecular complexity index is 1210. The van der Waals surface area contributed by atoms with Gasteiger partial charge in [-0.15, -0.1) is 0 Å². The highest BCUT2D eigenvalue weighted by atomic mass is 32.2. The van der Waals surface area contributed by atoms with E-state index in [2.05, 4.69) is 0 Å². The van der Waals surface area contributed by atoms with E-state index in [0.717, 1.165) is 22.5 Å². The molecule has 0 aliphatic carbocycles. The highest BCUT2D eigenvalue weighted by Crippen LogP contribution is 2.34. The molecule has 1 aliphatic heterocycles. The van der Waals surface area contributed by atoms with E-state index < -0.39 is 0 Å². The second kappa shape index (κ2) is 9.37. The molecule has 0 bridgehead atoms. The number of ether oxygens (including phenoxy) is 2. The second-order valence-corrected chi connectivity index (χ2v) is 7.64. The molecule has 0 spiro atoms. The van der Waals surface area contributed by atoms with Gasteiger partial charge in [-0.2, -0.15) is 5.26 Å². The zero-order chi connectivity index (χ0) is 21.6. The zero-order valence-electron chi connectivity index (χ0n) is 16.5. The summed E-state index contributed by atoms with van der Waals surface area (Å²) in [7, 11) is 0. The van der Waals surface area contributed by atoms with Crippen molar-refractivity contribution >= 4 is 39.8 Å². The van der Waals surface area contributed by atoms with Gasteiger partial charge in [0.25, 0.3) is 11.1 Å². The monoisotopic (exact) mass is 430 g/mol. The minimum absolute atomic E-state index is 0.0994. The fourth-order valence-corrected chi connectivity index (χ4v) is 4.10. The average Bonchev–Trinajstić information content (AvgIpc) is 3.06. The van der Waals surface area contributed by atoms with E-state index in [9.17, 15) is 9.59 Å². The lowest BCUT2D eigenvalue weighted by molar-refractivity contribution is -0.123. The number of para-hydroxylation sites is 1. The Balaban J connectivity index is 1.44. The molecule has 1 aliphatic rings. The summed E-state index contributed by atoms with van der Waals surface area (Å²) in [5, 5.41) is 10.4. The summed E-state index contributed by atoms with van der Waals surface area (Å²) < 4.78 is 11.3. The van der Waals surface area contributed by atoms with Crippen LogP contribution in [-0.4, -0.2) is 35.8 Å². The molecular formula is C24H18N2O4S. The van der Waals surface area contributed by atoms with E-state index in [0.29, 0.717) is 22.0 Å². The van der Waals surface area contributed by atoms with Crippen LogP contribution >= 0.6 is 11.8 Å². The lowest BCUT2D eigenvalue weighted by atomic mass is 10.1. The maximum absolute atomic E-state index is 12.8. The molecule has 0 unspecified atom stereocenters. The summed E-state index contributed by atoms with van der Waals surface area (Å²) in [5.74, 6) is 0.825. The summed E-state index contributed by atoms with van der Waals surface area (Å²) in [6.45, 7) is 0.247. The van der Waals surface area contributed by atoms with Gasteiger partial charge in [-0.25, -0.2) is 0 Å². The molecule has 6 nitrogen and oxygen atoms in total. The first kappa shape index (κ1) is 20.5. The normalized spacial score (nSPS) is 14.8. The summed E-state index contributed by atoms with van der Waals surface area (Å²) in [6.07, 6.45) is 1.61. The Kier molecular flexibility index (Phi) is 6.20. The third kappa shape index (κ3) is 4.55. The van der Waals surface area contributed by atoms with Crippen molar-refractivity contribution in [2.75, 3.05) is 19.8 Å². The molecular weight excluding hydrogens is 412 g/mol. The lowest BCUT2D eigenvalue weighted by Crippen LogP contribution is -2.32. The summed E-state index contributed by atoms with van der Waals surface area (Å²) >= 11 is 0.880. The van der Waals surface area contributed by atoms with Gasteiger partial charge in [-0.3, -0.25) is 14.5 Å². The first-order valence-electron chi connectivity index (χ1n) is 9.62. The van der Waals surface area contributed by atoms with Crippen LogP contribution < -0.4 is 9.47 Å². The number of carbonyl (C=O) groups excluding carboxylic acids is 2. The van der Waals surface area contributed by atoms with E-state index in [-0.39, 0.29) is 30.9 Å². The van der Waals surface area contributed by atoms with E-state index in [1.807, 2.05) is 48.5 Å². The van der Waals surface area contributed by atoms with Crippen molar-refractivity contribution in [1.29, 1.82) is 5.26 Å². The first-order valence-corrected chi connectivity index (χ1v) is 10.4. The van der Waals surface area contributed by atoms with E-state index in [1.54, 1.807) is 30.3 Å². The molecule has 3 aromatic rings. The molecule has 3 aromatic carbocycles. The van der Waals surface area contributed by atoms with Crippen LogP contribution in [0.3, 0.4) is 0 Å². The molecule has 1 saturated heterocycles. The summed E-state index contributed by atoms with van der Waals surface area (Å²) in [6, 6.07) is 22.6. The number of amides is 2. The Hall–Kier alpha value is -3.76. The van der Waals surface area contributed by atoms with Crippen molar-refractivity contribution in [2.45, 2.75) is 0 Å². The number of fused-ring (bicyclic) bond motifs is 1. The number of benzene rings is 3. The molecule has 0 saturated carbocycles. The van der Waals surface area contributed by atoms with Crippen molar-refractivity contribution in [3.63, 3.8) is 0 Å². The molecule has 154 valence electrons. The Labute approximate surface area is 183 Å². The first-order chi connectivity index (χ1) is 15.2. The van der Waals surface area contributed by atoms with Crippen LogP contribution in [0.2, 0.25) is 0 Å². The Morgan fingerprint density at radius 2 is 1.68 bits per heavy atom. The van der Waals surface area contributed by atoms with Crippen LogP contribution in [0, 0.1) is 11.3 Å². The number of hydrogen-bond donors (Lipinski definition) is 0. The Morgan fingerprint density at radius 1 is 0.935 bits per heavy atom. The minimum atomic E-state index is -0.369. The maximum Gasteiger partial charge on any atom is 0.293 e. The smallest absolute Gasteiger partial charge is 0.293 e. The van der Waals surface area contributed by atoms with Gasteiger partial charge in [-0.1, -0.05) is 54.6 Å². The molecule has 0 N–H and O–H groups in total. The van der Waals surface area contributed by atoms with Crippen LogP contribution in [0.15, 0.2) is 71.6 Å². The third-order valence-corrected chi connectivity index (χ3v) is 5.60. The maximum atomic E-state index is 12.8. The predicted molar refractivity (Wildman–Crippen MR) is 120 cm³/mol. The lowest BCUT2D eigenvalue weighted by Gasteiger charge is -2.14. The predicted octanol–water partition coefficient (Wildman–Crippen LogP) is 4.86. The topological polar surface area (TPSA) is 79.6 Å². The number of nitrogens with zero attached hydrogens (tertiary/aromatic N) is 2. The van der Waals surface area contributed by atoms with Gasteiger partial charge >= 0.3 is 0 Å². The van der Waals surface area contributed by atoms with Crippen molar-refractivity contribution in [3.05, 3.63) is 77.2 Å².